The van der Waals surface area contributed by atoms with Gasteiger partial charge in [0.1, 0.15) is 0 Å². The van der Waals surface area contributed by atoms with Crippen LogP contribution in [0.5, 0.6) is 11.5 Å². The summed E-state index contributed by atoms with van der Waals surface area (Å²) in [5.41, 5.74) is 1.62. The lowest BCUT2D eigenvalue weighted by Gasteiger charge is -2.06. The molecule has 1 aliphatic rings. The Bertz CT molecular complexity index is 850. The third-order valence-corrected chi connectivity index (χ3v) is 3.77. The van der Waals surface area contributed by atoms with Crippen LogP contribution in [0.25, 0.3) is 6.08 Å². The van der Waals surface area contributed by atoms with Crippen molar-refractivity contribution in [2.45, 2.75) is 6.54 Å². The molecule has 2 aromatic carbocycles. The number of ether oxygens (including phenoxy) is 3. The molecule has 0 bridgehead atoms. The molecule has 0 fully saturated rings. The molecule has 0 aromatic heterocycles. The maximum atomic E-state index is 11.7. The minimum atomic E-state index is -0.611. The number of hydrogen-bond acceptors (Lipinski definition) is 5. The van der Waals surface area contributed by atoms with Crippen LogP contribution in [-0.2, 0) is 20.9 Å². The zero-order chi connectivity index (χ0) is 18.4. The Morgan fingerprint density at radius 1 is 1.15 bits per heavy atom. The molecule has 0 spiro atoms. The van der Waals surface area contributed by atoms with E-state index in [-0.39, 0.29) is 13.4 Å². The third-order valence-electron chi connectivity index (χ3n) is 3.53. The molecule has 1 aliphatic heterocycles. The van der Waals surface area contributed by atoms with Gasteiger partial charge >= 0.3 is 5.97 Å². The molecular weight excluding hydrogens is 358 g/mol. The van der Waals surface area contributed by atoms with Crippen molar-refractivity contribution in [3.63, 3.8) is 0 Å². The molecular formula is C19H16ClNO5. The normalized spacial score (nSPS) is 12.2. The lowest BCUT2D eigenvalue weighted by molar-refractivity contribution is -0.143. The second-order valence-electron chi connectivity index (χ2n) is 5.46. The minimum Gasteiger partial charge on any atom is -0.454 e. The molecule has 7 heteroatoms. The number of benzene rings is 2. The van der Waals surface area contributed by atoms with Crippen LogP contribution >= 0.6 is 11.6 Å². The zero-order valence-electron chi connectivity index (χ0n) is 13.7. The molecule has 134 valence electrons. The first-order chi connectivity index (χ1) is 12.6. The predicted molar refractivity (Wildman–Crippen MR) is 95.9 cm³/mol. The molecule has 0 saturated heterocycles. The summed E-state index contributed by atoms with van der Waals surface area (Å²) in [6.07, 6.45) is 2.83. The number of halogens is 1. The standard InChI is InChI=1S/C19H16ClNO5/c20-15-3-1-2-14(8-15)10-21-18(22)11-24-19(23)7-5-13-4-6-16-17(9-13)26-12-25-16/h1-9H,10-12H2,(H,21,22)/b7-5+. The van der Waals surface area contributed by atoms with Crippen LogP contribution in [-0.4, -0.2) is 25.3 Å². The highest BCUT2D eigenvalue weighted by molar-refractivity contribution is 6.30. The van der Waals surface area contributed by atoms with Crippen molar-refractivity contribution in [3.8, 4) is 11.5 Å². The highest BCUT2D eigenvalue weighted by Gasteiger charge is 2.12. The van der Waals surface area contributed by atoms with Gasteiger partial charge in [-0.15, -0.1) is 0 Å². The summed E-state index contributed by atoms with van der Waals surface area (Å²) in [5.74, 6) is 0.289. The Balaban J connectivity index is 1.42. The van der Waals surface area contributed by atoms with Crippen LogP contribution in [0.1, 0.15) is 11.1 Å². The molecule has 1 N–H and O–H groups in total. The summed E-state index contributed by atoms with van der Waals surface area (Å²) in [6.45, 7) is 0.143. The lowest BCUT2D eigenvalue weighted by atomic mass is 10.2. The molecule has 0 saturated carbocycles. The molecule has 1 heterocycles. The van der Waals surface area contributed by atoms with Crippen LogP contribution in [0.3, 0.4) is 0 Å². The molecule has 6 nitrogen and oxygen atoms in total. The highest BCUT2D eigenvalue weighted by atomic mass is 35.5. The molecule has 0 atom stereocenters. The number of rotatable bonds is 6. The summed E-state index contributed by atoms with van der Waals surface area (Å²) in [6, 6.07) is 12.4. The maximum absolute atomic E-state index is 11.7. The fourth-order valence-electron chi connectivity index (χ4n) is 2.26. The molecule has 2 aromatic rings. The Morgan fingerprint density at radius 2 is 2.00 bits per heavy atom. The van der Waals surface area contributed by atoms with Crippen LogP contribution in [0.15, 0.2) is 48.5 Å². The maximum Gasteiger partial charge on any atom is 0.331 e. The summed E-state index contributed by atoms with van der Waals surface area (Å²) in [5, 5.41) is 3.25. The molecule has 1 amide bonds. The summed E-state index contributed by atoms with van der Waals surface area (Å²) < 4.78 is 15.4. The van der Waals surface area contributed by atoms with Crippen molar-refractivity contribution in [2.24, 2.45) is 0 Å². The van der Waals surface area contributed by atoms with Crippen molar-refractivity contribution in [1.82, 2.24) is 5.32 Å². The Kier molecular flexibility index (Phi) is 5.76. The monoisotopic (exact) mass is 373 g/mol. The van der Waals surface area contributed by atoms with Gasteiger partial charge in [-0.25, -0.2) is 4.79 Å². The van der Waals surface area contributed by atoms with Crippen LogP contribution in [0, 0.1) is 0 Å². The fraction of sp³-hybridized carbons (Fsp3) is 0.158. The second kappa shape index (κ2) is 8.40. The van der Waals surface area contributed by atoms with Gasteiger partial charge in [0.2, 0.25) is 6.79 Å². The van der Waals surface area contributed by atoms with E-state index in [4.69, 9.17) is 25.8 Å². The van der Waals surface area contributed by atoms with E-state index in [1.807, 2.05) is 6.07 Å². The average molecular weight is 374 g/mol. The summed E-state index contributed by atoms with van der Waals surface area (Å²) >= 11 is 5.87. The van der Waals surface area contributed by atoms with Gasteiger partial charge in [0, 0.05) is 17.6 Å². The van der Waals surface area contributed by atoms with Crippen molar-refractivity contribution in [1.29, 1.82) is 0 Å². The van der Waals surface area contributed by atoms with Crippen molar-refractivity contribution < 1.29 is 23.8 Å². The molecule has 3 rings (SSSR count). The largest absolute Gasteiger partial charge is 0.454 e. The third kappa shape index (κ3) is 5.00. The number of hydrogen-bond donors (Lipinski definition) is 1. The van der Waals surface area contributed by atoms with Gasteiger partial charge in [0.05, 0.1) is 0 Å². The number of esters is 1. The first-order valence-electron chi connectivity index (χ1n) is 7.86. The molecule has 0 radical (unpaired) electrons. The number of fused-ring (bicyclic) bond motifs is 1. The van der Waals surface area contributed by atoms with Gasteiger partial charge in [-0.3, -0.25) is 4.79 Å². The Labute approximate surface area is 155 Å². The number of carbonyl (C=O) groups is 2. The van der Waals surface area contributed by atoms with Gasteiger partial charge in [-0.05, 0) is 41.5 Å². The number of amides is 1. The lowest BCUT2D eigenvalue weighted by Crippen LogP contribution is -2.28. The van der Waals surface area contributed by atoms with Gasteiger partial charge in [-0.2, -0.15) is 0 Å². The van der Waals surface area contributed by atoms with Gasteiger partial charge < -0.3 is 19.5 Å². The van der Waals surface area contributed by atoms with E-state index in [0.717, 1.165) is 11.1 Å². The molecule has 26 heavy (non-hydrogen) atoms. The van der Waals surface area contributed by atoms with Crippen LogP contribution in [0.4, 0.5) is 0 Å². The zero-order valence-corrected chi connectivity index (χ0v) is 14.5. The van der Waals surface area contributed by atoms with E-state index >= 15 is 0 Å². The SMILES string of the molecule is O=C(COC(=O)/C=C/c1ccc2c(c1)OCO2)NCc1cccc(Cl)c1. The van der Waals surface area contributed by atoms with E-state index in [1.165, 1.54) is 6.08 Å². The quantitative estimate of drug-likeness (QED) is 0.622. The first kappa shape index (κ1) is 17.8. The predicted octanol–water partition coefficient (Wildman–Crippen LogP) is 2.94. The van der Waals surface area contributed by atoms with Gasteiger partial charge in [-0.1, -0.05) is 29.8 Å². The van der Waals surface area contributed by atoms with Crippen LogP contribution < -0.4 is 14.8 Å². The molecule has 0 unspecified atom stereocenters. The first-order valence-corrected chi connectivity index (χ1v) is 8.23. The van der Waals surface area contributed by atoms with E-state index in [1.54, 1.807) is 42.5 Å². The topological polar surface area (TPSA) is 73.9 Å². The second-order valence-corrected chi connectivity index (χ2v) is 5.90. The van der Waals surface area contributed by atoms with E-state index in [0.29, 0.717) is 23.1 Å². The van der Waals surface area contributed by atoms with E-state index in [9.17, 15) is 9.59 Å². The van der Waals surface area contributed by atoms with Crippen molar-refractivity contribution in [3.05, 3.63) is 64.7 Å². The average Bonchev–Trinajstić information content (AvgIpc) is 3.11. The fourth-order valence-corrected chi connectivity index (χ4v) is 2.48. The smallest absolute Gasteiger partial charge is 0.331 e. The van der Waals surface area contributed by atoms with Crippen molar-refractivity contribution >= 4 is 29.6 Å². The summed E-state index contributed by atoms with van der Waals surface area (Å²) in [4.78, 5) is 23.4. The Hall–Kier alpha value is -2.99. The van der Waals surface area contributed by atoms with Crippen molar-refractivity contribution in [2.75, 3.05) is 13.4 Å². The molecule has 0 aliphatic carbocycles. The Morgan fingerprint density at radius 3 is 2.85 bits per heavy atom. The summed E-state index contributed by atoms with van der Waals surface area (Å²) in [7, 11) is 0. The van der Waals surface area contributed by atoms with E-state index < -0.39 is 11.9 Å². The van der Waals surface area contributed by atoms with Crippen LogP contribution in [0.2, 0.25) is 5.02 Å². The minimum absolute atomic E-state index is 0.189. The van der Waals surface area contributed by atoms with Gasteiger partial charge in [0.25, 0.3) is 5.91 Å². The highest BCUT2D eigenvalue weighted by Crippen LogP contribution is 2.32. The van der Waals surface area contributed by atoms with Gasteiger partial charge in [0.15, 0.2) is 18.1 Å². The van der Waals surface area contributed by atoms with E-state index in [2.05, 4.69) is 5.32 Å². The number of carbonyl (C=O) groups excluding carboxylic acids is 2. The number of nitrogens with one attached hydrogen (secondary N) is 1.